The minimum atomic E-state index is 0.151. The minimum Gasteiger partial charge on any atom is -0.380 e. The Labute approximate surface area is 65.5 Å². The highest BCUT2D eigenvalue weighted by Gasteiger charge is 2.07. The van der Waals surface area contributed by atoms with Crippen molar-refractivity contribution in [1.82, 2.24) is 5.32 Å². The monoisotopic (exact) mass is 150 g/mol. The van der Waals surface area contributed by atoms with Crippen molar-refractivity contribution in [3.8, 4) is 0 Å². The van der Waals surface area contributed by atoms with Gasteiger partial charge in [-0.25, -0.2) is 9.98 Å². The fourth-order valence-electron chi connectivity index (χ4n) is 0.732. The second-order valence-corrected chi connectivity index (χ2v) is 2.12. The van der Waals surface area contributed by atoms with Gasteiger partial charge in [-0.15, -0.1) is 0 Å². The predicted molar refractivity (Wildman–Crippen MR) is 47.2 cm³/mol. The van der Waals surface area contributed by atoms with Gasteiger partial charge in [0.2, 0.25) is 0 Å². The van der Waals surface area contributed by atoms with Crippen LogP contribution in [0.1, 0.15) is 6.92 Å². The number of rotatable bonds is 1. The summed E-state index contributed by atoms with van der Waals surface area (Å²) in [6.45, 7) is 5.25. The highest BCUT2D eigenvalue weighted by Crippen LogP contribution is 1.96. The highest BCUT2D eigenvalue weighted by atomic mass is 15.1. The molecule has 0 saturated heterocycles. The molecule has 1 aliphatic heterocycles. The molecule has 0 amide bonds. The van der Waals surface area contributed by atoms with Crippen molar-refractivity contribution < 1.29 is 0 Å². The second kappa shape index (κ2) is 3.65. The largest absolute Gasteiger partial charge is 0.380 e. The molecule has 0 aromatic heterocycles. The van der Waals surface area contributed by atoms with Crippen LogP contribution in [0.2, 0.25) is 0 Å². The van der Waals surface area contributed by atoms with Crippen molar-refractivity contribution in [2.24, 2.45) is 15.0 Å². The molecule has 4 nitrogen and oxygen atoms in total. The molecular formula is C7H10N4. The lowest BCUT2D eigenvalue weighted by Gasteiger charge is -2.12. The smallest absolute Gasteiger partial charge is 0.151 e. The molecule has 0 fully saturated rings. The van der Waals surface area contributed by atoms with Crippen LogP contribution in [0.25, 0.3) is 0 Å². The van der Waals surface area contributed by atoms with E-state index in [1.807, 2.05) is 6.92 Å². The zero-order valence-corrected chi connectivity index (χ0v) is 6.36. The van der Waals surface area contributed by atoms with Gasteiger partial charge in [-0.05, 0) is 13.6 Å². The molecule has 1 atom stereocenters. The lowest BCUT2D eigenvalue weighted by molar-refractivity contribution is 0.784. The van der Waals surface area contributed by atoms with Crippen molar-refractivity contribution in [3.63, 3.8) is 0 Å². The first-order valence-corrected chi connectivity index (χ1v) is 3.31. The van der Waals surface area contributed by atoms with E-state index in [0.29, 0.717) is 0 Å². The van der Waals surface area contributed by atoms with E-state index in [9.17, 15) is 0 Å². The van der Waals surface area contributed by atoms with Crippen LogP contribution in [0.15, 0.2) is 27.4 Å². The lowest BCUT2D eigenvalue weighted by Crippen LogP contribution is -2.30. The van der Waals surface area contributed by atoms with Crippen LogP contribution in [0.3, 0.4) is 0 Å². The third-order valence-electron chi connectivity index (χ3n) is 1.29. The summed E-state index contributed by atoms with van der Waals surface area (Å²) in [5.74, 6) is 0.722. The second-order valence-electron chi connectivity index (χ2n) is 2.12. The van der Waals surface area contributed by atoms with Crippen LogP contribution in [-0.4, -0.2) is 24.9 Å². The zero-order chi connectivity index (χ0) is 8.10. The Bertz CT molecular complexity index is 227. The summed E-state index contributed by atoms with van der Waals surface area (Å²) in [6.07, 6.45) is 4.83. The van der Waals surface area contributed by atoms with E-state index in [-0.39, 0.29) is 6.04 Å². The summed E-state index contributed by atoms with van der Waals surface area (Å²) in [6, 6.07) is 0.151. The fraction of sp³-hybridized carbons (Fsp3) is 0.286. The molecule has 0 spiro atoms. The molecule has 1 rings (SSSR count). The van der Waals surface area contributed by atoms with Crippen molar-refractivity contribution in [2.75, 3.05) is 0 Å². The van der Waals surface area contributed by atoms with Crippen LogP contribution >= 0.6 is 0 Å². The molecule has 0 saturated carbocycles. The summed E-state index contributed by atoms with van der Waals surface area (Å²) in [4.78, 5) is 11.5. The Morgan fingerprint density at radius 1 is 1.82 bits per heavy atom. The third-order valence-corrected chi connectivity index (χ3v) is 1.29. The van der Waals surface area contributed by atoms with Gasteiger partial charge < -0.3 is 5.32 Å². The van der Waals surface area contributed by atoms with Gasteiger partial charge in [-0.3, -0.25) is 4.99 Å². The van der Waals surface area contributed by atoms with Gasteiger partial charge >= 0.3 is 0 Å². The highest BCUT2D eigenvalue weighted by molar-refractivity contribution is 5.94. The molecule has 1 heterocycles. The van der Waals surface area contributed by atoms with Crippen molar-refractivity contribution >= 4 is 18.9 Å². The molecule has 1 N–H and O–H groups in total. The number of aliphatic imine (C=N–C) groups is 3. The summed E-state index contributed by atoms with van der Waals surface area (Å²) in [5.41, 5.74) is 0. The van der Waals surface area contributed by atoms with Crippen LogP contribution in [-0.2, 0) is 0 Å². The fourth-order valence-corrected chi connectivity index (χ4v) is 0.732. The van der Waals surface area contributed by atoms with E-state index in [0.717, 1.165) is 5.84 Å². The number of nitrogens with zero attached hydrogens (tertiary/aromatic N) is 3. The quantitative estimate of drug-likeness (QED) is 0.431. The van der Waals surface area contributed by atoms with Gasteiger partial charge in [0.15, 0.2) is 5.84 Å². The lowest BCUT2D eigenvalue weighted by atomic mass is 10.3. The SMILES string of the molecule is C=NC=NC1=NC=CNC1C. The van der Waals surface area contributed by atoms with Crippen molar-refractivity contribution in [1.29, 1.82) is 0 Å². The van der Waals surface area contributed by atoms with Gasteiger partial charge in [0.05, 0.1) is 6.04 Å². The van der Waals surface area contributed by atoms with E-state index in [1.54, 1.807) is 12.4 Å². The Hall–Kier alpha value is -1.45. The molecule has 0 radical (unpaired) electrons. The Kier molecular flexibility index (Phi) is 2.54. The van der Waals surface area contributed by atoms with E-state index in [1.165, 1.54) is 6.34 Å². The average Bonchev–Trinajstić information content (AvgIpc) is 2.03. The van der Waals surface area contributed by atoms with Crippen molar-refractivity contribution in [3.05, 3.63) is 12.4 Å². The van der Waals surface area contributed by atoms with Gasteiger partial charge in [0, 0.05) is 12.4 Å². The maximum Gasteiger partial charge on any atom is 0.151 e. The molecular weight excluding hydrogens is 140 g/mol. The van der Waals surface area contributed by atoms with Gasteiger partial charge in [0.25, 0.3) is 0 Å². The summed E-state index contributed by atoms with van der Waals surface area (Å²) in [5, 5.41) is 3.05. The molecule has 1 unspecified atom stereocenters. The Balaban J connectivity index is 2.67. The number of amidine groups is 1. The van der Waals surface area contributed by atoms with Crippen molar-refractivity contribution in [2.45, 2.75) is 13.0 Å². The first-order chi connectivity index (χ1) is 5.34. The number of nitrogens with one attached hydrogen (secondary N) is 1. The number of hydrogen-bond acceptors (Lipinski definition) is 3. The third kappa shape index (κ3) is 2.00. The molecule has 58 valence electrons. The average molecular weight is 150 g/mol. The first-order valence-electron chi connectivity index (χ1n) is 3.31. The minimum absolute atomic E-state index is 0.151. The standard InChI is InChI=1S/C7H10N4/c1-6-7(11-5-8-2)10-4-3-9-6/h3-6,9H,2H2,1H3. The topological polar surface area (TPSA) is 49.1 Å². The Morgan fingerprint density at radius 2 is 2.64 bits per heavy atom. The number of hydrogen-bond donors (Lipinski definition) is 1. The van der Waals surface area contributed by atoms with E-state index < -0.39 is 0 Å². The van der Waals surface area contributed by atoms with E-state index in [4.69, 9.17) is 0 Å². The molecule has 0 aliphatic carbocycles. The molecule has 0 aromatic rings. The van der Waals surface area contributed by atoms with Crippen LogP contribution in [0.5, 0.6) is 0 Å². The normalized spacial score (nSPS) is 23.0. The molecule has 11 heavy (non-hydrogen) atoms. The van der Waals surface area contributed by atoms with E-state index >= 15 is 0 Å². The predicted octanol–water partition coefficient (Wildman–Crippen LogP) is 0.577. The molecule has 4 heteroatoms. The zero-order valence-electron chi connectivity index (χ0n) is 6.36. The van der Waals surface area contributed by atoms with Gasteiger partial charge in [-0.2, -0.15) is 0 Å². The molecule has 1 aliphatic rings. The molecule has 0 bridgehead atoms. The maximum absolute atomic E-state index is 4.04. The maximum atomic E-state index is 4.04. The van der Waals surface area contributed by atoms with Gasteiger partial charge in [-0.1, -0.05) is 0 Å². The Morgan fingerprint density at radius 3 is 3.27 bits per heavy atom. The van der Waals surface area contributed by atoms with Crippen LogP contribution in [0, 0.1) is 0 Å². The molecule has 0 aromatic carbocycles. The van der Waals surface area contributed by atoms with Crippen LogP contribution in [0.4, 0.5) is 0 Å². The van der Waals surface area contributed by atoms with E-state index in [2.05, 4.69) is 27.0 Å². The summed E-state index contributed by atoms with van der Waals surface area (Å²) >= 11 is 0. The summed E-state index contributed by atoms with van der Waals surface area (Å²) in [7, 11) is 0. The van der Waals surface area contributed by atoms with Gasteiger partial charge in [0.1, 0.15) is 6.34 Å². The van der Waals surface area contributed by atoms with Crippen LogP contribution < -0.4 is 5.32 Å². The first kappa shape index (κ1) is 7.65. The summed E-state index contributed by atoms with van der Waals surface area (Å²) < 4.78 is 0.